The van der Waals surface area contributed by atoms with Crippen LogP contribution in [-0.4, -0.2) is 38.4 Å². The Morgan fingerprint density at radius 1 is 1.45 bits per heavy atom. The highest BCUT2D eigenvalue weighted by Crippen LogP contribution is 2.27. The largest absolute Gasteiger partial charge is 0.380 e. The average molecular weight is 329 g/mol. The van der Waals surface area contributed by atoms with E-state index in [4.69, 9.17) is 15.2 Å². The number of methoxy groups -OCH3 is 1. The first kappa shape index (κ1) is 18.9. The molecule has 1 fully saturated rings. The molecule has 22 heavy (non-hydrogen) atoms. The van der Waals surface area contributed by atoms with E-state index in [-0.39, 0.29) is 43.0 Å². The number of ether oxygens (including phenoxy) is 2. The van der Waals surface area contributed by atoms with Gasteiger partial charge in [-0.2, -0.15) is 0 Å². The lowest BCUT2D eigenvalue weighted by Crippen LogP contribution is -2.39. The number of benzene rings is 1. The Balaban J connectivity index is 0.00000242. The predicted molar refractivity (Wildman–Crippen MR) is 88.0 cm³/mol. The van der Waals surface area contributed by atoms with Gasteiger partial charge in [0.15, 0.2) is 0 Å². The van der Waals surface area contributed by atoms with Crippen LogP contribution in [0, 0.1) is 0 Å². The number of nitrogens with one attached hydrogen (secondary N) is 1. The van der Waals surface area contributed by atoms with Crippen molar-refractivity contribution in [1.82, 2.24) is 5.32 Å². The Morgan fingerprint density at radius 2 is 2.18 bits per heavy atom. The molecular formula is C16H25ClN2O3. The minimum absolute atomic E-state index is 0. The van der Waals surface area contributed by atoms with Gasteiger partial charge in [-0.25, -0.2) is 0 Å². The zero-order chi connectivity index (χ0) is 15.1. The minimum Gasteiger partial charge on any atom is -0.380 e. The summed E-state index contributed by atoms with van der Waals surface area (Å²) in [5.41, 5.74) is 6.63. The number of nitrogens with two attached hydrogens (primary N) is 1. The number of carbonyl (C=O) groups excluding carboxylic acids is 1. The molecule has 5 nitrogen and oxygen atoms in total. The van der Waals surface area contributed by atoms with Gasteiger partial charge in [-0.3, -0.25) is 4.79 Å². The predicted octanol–water partition coefficient (Wildman–Crippen LogP) is 1.81. The van der Waals surface area contributed by atoms with Crippen molar-refractivity contribution in [2.75, 3.05) is 20.3 Å². The number of amides is 1. The fourth-order valence-corrected chi connectivity index (χ4v) is 2.62. The first-order valence-corrected chi connectivity index (χ1v) is 7.43. The second-order valence-electron chi connectivity index (χ2n) is 5.30. The zero-order valence-electron chi connectivity index (χ0n) is 12.9. The van der Waals surface area contributed by atoms with Crippen molar-refractivity contribution < 1.29 is 14.3 Å². The maximum absolute atomic E-state index is 12.2. The summed E-state index contributed by atoms with van der Waals surface area (Å²) in [4.78, 5) is 12.2. The van der Waals surface area contributed by atoms with E-state index in [1.54, 1.807) is 7.11 Å². The lowest BCUT2D eigenvalue weighted by Gasteiger charge is -2.25. The number of carbonyl (C=O) groups is 1. The monoisotopic (exact) mass is 328 g/mol. The molecule has 1 heterocycles. The molecule has 0 spiro atoms. The summed E-state index contributed by atoms with van der Waals surface area (Å²) in [6.07, 6.45) is 2.06. The minimum atomic E-state index is -0.245. The molecular weight excluding hydrogens is 304 g/mol. The molecule has 0 aromatic heterocycles. The third kappa shape index (κ3) is 5.25. The molecule has 3 N–H and O–H groups in total. The first-order chi connectivity index (χ1) is 10.2. The van der Waals surface area contributed by atoms with Gasteiger partial charge in [0.1, 0.15) is 0 Å². The van der Waals surface area contributed by atoms with E-state index in [1.807, 2.05) is 30.3 Å². The van der Waals surface area contributed by atoms with Crippen LogP contribution in [0.15, 0.2) is 30.3 Å². The lowest BCUT2D eigenvalue weighted by atomic mass is 9.99. The molecule has 6 heteroatoms. The van der Waals surface area contributed by atoms with Crippen molar-refractivity contribution in [2.24, 2.45) is 5.73 Å². The number of hydrogen-bond acceptors (Lipinski definition) is 4. The fraction of sp³-hybridized carbons (Fsp3) is 0.562. The van der Waals surface area contributed by atoms with Crippen LogP contribution in [0.5, 0.6) is 0 Å². The van der Waals surface area contributed by atoms with Crippen LogP contribution in [0.25, 0.3) is 0 Å². The van der Waals surface area contributed by atoms with E-state index in [2.05, 4.69) is 5.32 Å². The molecule has 0 aliphatic carbocycles. The topological polar surface area (TPSA) is 73.6 Å². The van der Waals surface area contributed by atoms with Crippen LogP contribution in [-0.2, 0) is 14.3 Å². The molecule has 1 saturated heterocycles. The zero-order valence-corrected chi connectivity index (χ0v) is 13.7. The summed E-state index contributed by atoms with van der Waals surface area (Å²) in [6, 6.07) is 9.83. The Kier molecular flexibility index (Phi) is 8.42. The molecule has 0 saturated carbocycles. The summed E-state index contributed by atoms with van der Waals surface area (Å²) in [6.45, 7) is 1.09. The van der Waals surface area contributed by atoms with Crippen LogP contribution >= 0.6 is 12.4 Å². The molecule has 1 aliphatic heterocycles. The van der Waals surface area contributed by atoms with Crippen molar-refractivity contribution in [3.05, 3.63) is 35.9 Å². The van der Waals surface area contributed by atoms with Crippen molar-refractivity contribution in [3.63, 3.8) is 0 Å². The van der Waals surface area contributed by atoms with Crippen molar-refractivity contribution in [1.29, 1.82) is 0 Å². The standard InChI is InChI=1S/C16H24N2O3.ClH/c1-20-13(11-17)10-15(19)18-16(14-8-5-9-21-14)12-6-3-2-4-7-12;/h2-4,6-7,13-14,16H,5,8-11,17H2,1H3,(H,18,19);1H. The Labute approximate surface area is 138 Å². The van der Waals surface area contributed by atoms with Gasteiger partial charge < -0.3 is 20.5 Å². The number of rotatable bonds is 7. The molecule has 0 radical (unpaired) electrons. The van der Waals surface area contributed by atoms with E-state index >= 15 is 0 Å². The highest BCUT2D eigenvalue weighted by atomic mass is 35.5. The van der Waals surface area contributed by atoms with Crippen molar-refractivity contribution in [3.8, 4) is 0 Å². The molecule has 1 aliphatic rings. The van der Waals surface area contributed by atoms with E-state index in [1.165, 1.54) is 0 Å². The van der Waals surface area contributed by atoms with Crippen molar-refractivity contribution in [2.45, 2.75) is 37.5 Å². The van der Waals surface area contributed by atoms with Gasteiger partial charge in [0.2, 0.25) is 5.91 Å². The van der Waals surface area contributed by atoms with Gasteiger partial charge in [-0.15, -0.1) is 12.4 Å². The number of halogens is 1. The highest BCUT2D eigenvalue weighted by molar-refractivity contribution is 5.85. The fourth-order valence-electron chi connectivity index (χ4n) is 2.62. The van der Waals surface area contributed by atoms with E-state index in [0.717, 1.165) is 25.0 Å². The van der Waals surface area contributed by atoms with Crippen molar-refractivity contribution >= 4 is 18.3 Å². The second-order valence-corrected chi connectivity index (χ2v) is 5.30. The Morgan fingerprint density at radius 3 is 2.73 bits per heavy atom. The summed E-state index contributed by atoms with van der Waals surface area (Å²) in [5.74, 6) is -0.0587. The van der Waals surface area contributed by atoms with E-state index in [0.29, 0.717) is 6.54 Å². The van der Waals surface area contributed by atoms with Crippen LogP contribution in [0.3, 0.4) is 0 Å². The first-order valence-electron chi connectivity index (χ1n) is 7.43. The molecule has 0 bridgehead atoms. The highest BCUT2D eigenvalue weighted by Gasteiger charge is 2.29. The molecule has 1 amide bonds. The van der Waals surface area contributed by atoms with Crippen LogP contribution in [0.1, 0.15) is 30.9 Å². The third-order valence-electron chi connectivity index (χ3n) is 3.82. The molecule has 1 aromatic carbocycles. The van der Waals surface area contributed by atoms with Crippen LogP contribution in [0.2, 0.25) is 0 Å². The van der Waals surface area contributed by atoms with Gasteiger partial charge in [-0.05, 0) is 18.4 Å². The van der Waals surface area contributed by atoms with Gasteiger partial charge in [-0.1, -0.05) is 30.3 Å². The average Bonchev–Trinajstić information content (AvgIpc) is 3.05. The summed E-state index contributed by atoms with van der Waals surface area (Å²) >= 11 is 0. The molecule has 3 atom stereocenters. The molecule has 2 rings (SSSR count). The summed E-state index contributed by atoms with van der Waals surface area (Å²) in [7, 11) is 1.57. The van der Waals surface area contributed by atoms with Gasteiger partial charge in [0.05, 0.1) is 24.7 Å². The van der Waals surface area contributed by atoms with E-state index < -0.39 is 0 Å². The Bertz CT molecular complexity index is 434. The van der Waals surface area contributed by atoms with Gasteiger partial charge >= 0.3 is 0 Å². The lowest BCUT2D eigenvalue weighted by molar-refractivity contribution is -0.125. The number of hydrogen-bond donors (Lipinski definition) is 2. The van der Waals surface area contributed by atoms with Crippen LogP contribution < -0.4 is 11.1 Å². The summed E-state index contributed by atoms with van der Waals surface area (Å²) < 4.78 is 10.9. The molecule has 3 unspecified atom stereocenters. The molecule has 124 valence electrons. The van der Waals surface area contributed by atoms with E-state index in [9.17, 15) is 4.79 Å². The Hall–Kier alpha value is -1.14. The van der Waals surface area contributed by atoms with Crippen LogP contribution in [0.4, 0.5) is 0 Å². The third-order valence-corrected chi connectivity index (χ3v) is 3.82. The maximum atomic E-state index is 12.2. The smallest absolute Gasteiger partial charge is 0.223 e. The normalized spacial score (nSPS) is 20.0. The van der Waals surface area contributed by atoms with Gasteiger partial charge in [0, 0.05) is 20.3 Å². The molecule has 1 aromatic rings. The SMILES string of the molecule is COC(CN)CC(=O)NC(c1ccccc1)C1CCCO1.Cl. The second kappa shape index (κ2) is 9.79. The van der Waals surface area contributed by atoms with Gasteiger partial charge in [0.25, 0.3) is 0 Å². The maximum Gasteiger partial charge on any atom is 0.223 e. The summed E-state index contributed by atoms with van der Waals surface area (Å²) in [5, 5.41) is 3.07. The quantitative estimate of drug-likeness (QED) is 0.800.